The molecule has 1 amide bonds. The predicted octanol–water partition coefficient (Wildman–Crippen LogP) is 2.61. The van der Waals surface area contributed by atoms with E-state index in [1.54, 1.807) is 14.2 Å². The van der Waals surface area contributed by atoms with Crippen LogP contribution in [0.25, 0.3) is 0 Å². The lowest BCUT2D eigenvalue weighted by molar-refractivity contribution is -0.125. The number of nitrogens with one attached hydrogen (secondary N) is 1. The number of amides is 1. The number of hydrogen-bond donors (Lipinski definition) is 1. The number of ether oxygens (including phenoxy) is 4. The Labute approximate surface area is 171 Å². The number of fused-ring (bicyclic) bond motifs is 1. The lowest BCUT2D eigenvalue weighted by atomic mass is 10.1. The van der Waals surface area contributed by atoms with Crippen LogP contribution >= 0.6 is 0 Å². The summed E-state index contributed by atoms with van der Waals surface area (Å²) in [6.45, 7) is 3.34. The normalized spacial score (nSPS) is 13.3. The van der Waals surface area contributed by atoms with Crippen molar-refractivity contribution >= 4 is 5.91 Å². The number of likely N-dealkylation sites (N-methyl/N-ethyl adjacent to an activating group) is 1. The second-order valence-corrected chi connectivity index (χ2v) is 7.00. The zero-order valence-corrected chi connectivity index (χ0v) is 17.4. The van der Waals surface area contributed by atoms with Gasteiger partial charge in [-0.2, -0.15) is 0 Å². The van der Waals surface area contributed by atoms with E-state index in [0.29, 0.717) is 18.0 Å². The summed E-state index contributed by atoms with van der Waals surface area (Å²) in [5.74, 6) is 2.86. The van der Waals surface area contributed by atoms with Gasteiger partial charge in [0.25, 0.3) is 0 Å². The molecular weight excluding hydrogens is 372 g/mol. The van der Waals surface area contributed by atoms with E-state index in [1.165, 1.54) is 0 Å². The quantitative estimate of drug-likeness (QED) is 0.698. The van der Waals surface area contributed by atoms with E-state index in [2.05, 4.69) is 5.32 Å². The van der Waals surface area contributed by atoms with E-state index >= 15 is 0 Å². The number of carbonyl (C=O) groups is 1. The molecule has 2 aromatic rings. The molecule has 0 spiro atoms. The first-order valence-corrected chi connectivity index (χ1v) is 9.59. The van der Waals surface area contributed by atoms with Crippen molar-refractivity contribution in [2.24, 2.45) is 0 Å². The third-order valence-corrected chi connectivity index (χ3v) is 5.15. The van der Waals surface area contributed by atoms with Crippen molar-refractivity contribution in [2.75, 3.05) is 34.6 Å². The average molecular weight is 400 g/mol. The molecule has 7 heteroatoms. The van der Waals surface area contributed by atoms with Gasteiger partial charge in [0.05, 0.1) is 20.3 Å². The summed E-state index contributed by atoms with van der Waals surface area (Å²) in [4.78, 5) is 14.6. The summed E-state index contributed by atoms with van der Waals surface area (Å²) in [6, 6.07) is 11.3. The van der Waals surface area contributed by atoms with Crippen LogP contribution in [0.5, 0.6) is 23.0 Å². The van der Waals surface area contributed by atoms with Gasteiger partial charge in [0.2, 0.25) is 12.7 Å². The van der Waals surface area contributed by atoms with Gasteiger partial charge in [-0.05, 0) is 55.8 Å². The van der Waals surface area contributed by atoms with Crippen molar-refractivity contribution < 1.29 is 23.7 Å². The van der Waals surface area contributed by atoms with Crippen LogP contribution in [-0.4, -0.2) is 51.5 Å². The maximum absolute atomic E-state index is 12.5. The molecule has 0 unspecified atom stereocenters. The molecular formula is C22H28N2O5. The van der Waals surface area contributed by atoms with E-state index in [1.807, 2.05) is 55.3 Å². The Morgan fingerprint density at radius 3 is 2.55 bits per heavy atom. The Kier molecular flexibility index (Phi) is 6.82. The molecule has 1 aliphatic rings. The van der Waals surface area contributed by atoms with Gasteiger partial charge in [0, 0.05) is 13.1 Å². The fraction of sp³-hybridized carbons (Fsp3) is 0.409. The lowest BCUT2D eigenvalue weighted by Gasteiger charge is -2.24. The second-order valence-electron chi connectivity index (χ2n) is 7.00. The summed E-state index contributed by atoms with van der Waals surface area (Å²) in [7, 11) is 5.20. The highest BCUT2D eigenvalue weighted by molar-refractivity contribution is 5.81. The molecule has 0 fully saturated rings. The zero-order chi connectivity index (χ0) is 20.8. The predicted molar refractivity (Wildman–Crippen MR) is 110 cm³/mol. The van der Waals surface area contributed by atoms with E-state index in [-0.39, 0.29) is 18.7 Å². The highest BCUT2D eigenvalue weighted by Gasteiger charge is 2.19. The van der Waals surface area contributed by atoms with Crippen molar-refractivity contribution in [3.05, 3.63) is 47.5 Å². The Hall–Kier alpha value is -2.93. The minimum absolute atomic E-state index is 0.0162. The number of hydrogen-bond acceptors (Lipinski definition) is 6. The second kappa shape index (κ2) is 9.52. The molecule has 3 rings (SSSR count). The lowest BCUT2D eigenvalue weighted by Crippen LogP contribution is -2.43. The van der Waals surface area contributed by atoms with Crippen molar-refractivity contribution in [3.63, 3.8) is 0 Å². The number of benzene rings is 2. The fourth-order valence-corrected chi connectivity index (χ4v) is 3.12. The van der Waals surface area contributed by atoms with Gasteiger partial charge >= 0.3 is 0 Å². The van der Waals surface area contributed by atoms with Crippen LogP contribution in [0, 0.1) is 0 Å². The van der Waals surface area contributed by atoms with E-state index in [9.17, 15) is 4.79 Å². The molecule has 1 atom stereocenters. The van der Waals surface area contributed by atoms with Crippen LogP contribution in [0.1, 0.15) is 18.1 Å². The smallest absolute Gasteiger partial charge is 0.237 e. The van der Waals surface area contributed by atoms with Gasteiger partial charge in [-0.3, -0.25) is 9.69 Å². The molecule has 0 saturated heterocycles. The SMILES string of the molecule is COc1ccc(CCN(C)[C@@H](C)C(=O)NCc2ccc3c(c2)OCO3)cc1OC. The van der Waals surface area contributed by atoms with Gasteiger partial charge in [-0.15, -0.1) is 0 Å². The first-order valence-electron chi connectivity index (χ1n) is 9.59. The molecule has 2 aromatic carbocycles. The third-order valence-electron chi connectivity index (χ3n) is 5.15. The number of carbonyl (C=O) groups excluding carboxylic acids is 1. The molecule has 0 aliphatic carbocycles. The van der Waals surface area contributed by atoms with E-state index < -0.39 is 0 Å². The molecule has 0 radical (unpaired) electrons. The minimum Gasteiger partial charge on any atom is -0.493 e. The van der Waals surface area contributed by atoms with Crippen molar-refractivity contribution in [3.8, 4) is 23.0 Å². The van der Waals surface area contributed by atoms with E-state index in [0.717, 1.165) is 35.6 Å². The summed E-state index contributed by atoms with van der Waals surface area (Å²) < 4.78 is 21.3. The third kappa shape index (κ3) is 5.12. The standard InChI is InChI=1S/C22H28N2O5/c1-15(22(25)23-13-17-6-8-19-21(12-17)29-14-28-19)24(2)10-9-16-5-7-18(26-3)20(11-16)27-4/h5-8,11-12,15H,9-10,13-14H2,1-4H3,(H,23,25)/t15-/m0/s1. The Morgan fingerprint density at radius 1 is 1.07 bits per heavy atom. The summed E-state index contributed by atoms with van der Waals surface area (Å²) >= 11 is 0. The first-order chi connectivity index (χ1) is 14.0. The number of methoxy groups -OCH3 is 2. The minimum atomic E-state index is -0.246. The molecule has 156 valence electrons. The van der Waals surface area contributed by atoms with E-state index in [4.69, 9.17) is 18.9 Å². The summed E-state index contributed by atoms with van der Waals surface area (Å²) in [5.41, 5.74) is 2.10. The van der Waals surface area contributed by atoms with Crippen LogP contribution in [0.15, 0.2) is 36.4 Å². The van der Waals surface area contributed by atoms with Gasteiger partial charge < -0.3 is 24.3 Å². The highest BCUT2D eigenvalue weighted by Crippen LogP contribution is 2.32. The van der Waals surface area contributed by atoms with Gasteiger partial charge in [0.1, 0.15) is 0 Å². The Bertz CT molecular complexity index is 855. The number of nitrogens with zero attached hydrogens (tertiary/aromatic N) is 1. The molecule has 7 nitrogen and oxygen atoms in total. The molecule has 1 heterocycles. The topological polar surface area (TPSA) is 69.3 Å². The van der Waals surface area contributed by atoms with Crippen LogP contribution < -0.4 is 24.3 Å². The van der Waals surface area contributed by atoms with Gasteiger partial charge in [-0.25, -0.2) is 0 Å². The molecule has 29 heavy (non-hydrogen) atoms. The fourth-order valence-electron chi connectivity index (χ4n) is 3.12. The Balaban J connectivity index is 1.49. The van der Waals surface area contributed by atoms with Gasteiger partial charge in [0.15, 0.2) is 23.0 Å². The van der Waals surface area contributed by atoms with Crippen LogP contribution in [0.4, 0.5) is 0 Å². The summed E-state index contributed by atoms with van der Waals surface area (Å²) in [6.07, 6.45) is 0.802. The van der Waals surface area contributed by atoms with Crippen LogP contribution in [-0.2, 0) is 17.8 Å². The van der Waals surface area contributed by atoms with Crippen molar-refractivity contribution in [1.82, 2.24) is 10.2 Å². The average Bonchev–Trinajstić information content (AvgIpc) is 3.22. The summed E-state index contributed by atoms with van der Waals surface area (Å²) in [5, 5.41) is 2.99. The van der Waals surface area contributed by atoms with Crippen molar-refractivity contribution in [2.45, 2.75) is 25.9 Å². The molecule has 0 saturated carbocycles. The molecule has 1 N–H and O–H groups in total. The highest BCUT2D eigenvalue weighted by atomic mass is 16.7. The molecule has 0 aromatic heterocycles. The van der Waals surface area contributed by atoms with Crippen molar-refractivity contribution in [1.29, 1.82) is 0 Å². The Morgan fingerprint density at radius 2 is 1.79 bits per heavy atom. The zero-order valence-electron chi connectivity index (χ0n) is 17.4. The van der Waals surface area contributed by atoms with Gasteiger partial charge in [-0.1, -0.05) is 12.1 Å². The first kappa shape index (κ1) is 20.8. The van der Waals surface area contributed by atoms with Crippen LogP contribution in [0.3, 0.4) is 0 Å². The molecule has 1 aliphatic heterocycles. The monoisotopic (exact) mass is 400 g/mol. The molecule has 0 bridgehead atoms. The maximum atomic E-state index is 12.5. The van der Waals surface area contributed by atoms with Crippen LogP contribution in [0.2, 0.25) is 0 Å². The largest absolute Gasteiger partial charge is 0.493 e. The number of rotatable bonds is 9. The maximum Gasteiger partial charge on any atom is 0.237 e.